The summed E-state index contributed by atoms with van der Waals surface area (Å²) in [7, 11) is 1.38. The summed E-state index contributed by atoms with van der Waals surface area (Å²) in [4.78, 5) is 15.7. The van der Waals surface area contributed by atoms with Crippen LogP contribution in [0.4, 0.5) is 0 Å². The van der Waals surface area contributed by atoms with Crippen molar-refractivity contribution >= 4 is 17.3 Å². The average molecular weight is 219 g/mol. The van der Waals surface area contributed by atoms with Gasteiger partial charge in [-0.1, -0.05) is 18.2 Å². The number of rotatable bonds is 2. The molecule has 76 valence electrons. The molecule has 0 amide bonds. The SMILES string of the molecule is COC(=O)c1ccccc1-c1cscn1. The summed E-state index contributed by atoms with van der Waals surface area (Å²) in [5.41, 5.74) is 3.90. The van der Waals surface area contributed by atoms with Gasteiger partial charge in [0.15, 0.2) is 0 Å². The van der Waals surface area contributed by atoms with Gasteiger partial charge in [-0.3, -0.25) is 0 Å². The number of aromatic nitrogens is 1. The fraction of sp³-hybridized carbons (Fsp3) is 0.0909. The second-order valence-electron chi connectivity index (χ2n) is 2.91. The van der Waals surface area contributed by atoms with Crippen molar-refractivity contribution in [1.29, 1.82) is 0 Å². The summed E-state index contributed by atoms with van der Waals surface area (Å²) in [5.74, 6) is -0.335. The van der Waals surface area contributed by atoms with E-state index in [0.717, 1.165) is 11.3 Å². The van der Waals surface area contributed by atoms with E-state index in [-0.39, 0.29) is 5.97 Å². The van der Waals surface area contributed by atoms with Gasteiger partial charge in [-0.05, 0) is 6.07 Å². The van der Waals surface area contributed by atoms with Crippen LogP contribution in [0.1, 0.15) is 10.4 Å². The third-order valence-corrected chi connectivity index (χ3v) is 2.63. The molecule has 4 heteroatoms. The summed E-state index contributed by atoms with van der Waals surface area (Å²) in [6, 6.07) is 7.28. The number of benzene rings is 1. The number of thiazole rings is 1. The number of hydrogen-bond acceptors (Lipinski definition) is 4. The Morgan fingerprint density at radius 2 is 2.20 bits per heavy atom. The molecule has 0 spiro atoms. The van der Waals surface area contributed by atoms with Crippen LogP contribution in [0.15, 0.2) is 35.2 Å². The first-order valence-corrected chi connectivity index (χ1v) is 5.33. The van der Waals surface area contributed by atoms with E-state index in [1.807, 2.05) is 23.6 Å². The van der Waals surface area contributed by atoms with Gasteiger partial charge >= 0.3 is 5.97 Å². The molecule has 3 nitrogen and oxygen atoms in total. The van der Waals surface area contributed by atoms with Crippen molar-refractivity contribution in [3.05, 3.63) is 40.7 Å². The molecule has 0 N–H and O–H groups in total. The molecule has 0 unspecified atom stereocenters. The standard InChI is InChI=1S/C11H9NO2S/c1-14-11(13)9-5-3-2-4-8(9)10-6-15-7-12-10/h2-7H,1H3. The maximum absolute atomic E-state index is 11.5. The monoisotopic (exact) mass is 219 g/mol. The van der Waals surface area contributed by atoms with Crippen LogP contribution in [0.5, 0.6) is 0 Å². The second-order valence-corrected chi connectivity index (χ2v) is 3.63. The van der Waals surface area contributed by atoms with Gasteiger partial charge in [0, 0.05) is 10.9 Å². The molecule has 0 fully saturated rings. The summed E-state index contributed by atoms with van der Waals surface area (Å²) in [6.07, 6.45) is 0. The average Bonchev–Trinajstić information content (AvgIpc) is 2.81. The number of methoxy groups -OCH3 is 1. The van der Waals surface area contributed by atoms with Gasteiger partial charge in [0.1, 0.15) is 0 Å². The molecule has 1 aromatic carbocycles. The van der Waals surface area contributed by atoms with Crippen molar-refractivity contribution in [2.75, 3.05) is 7.11 Å². The Balaban J connectivity index is 2.52. The Hall–Kier alpha value is -1.68. The number of carbonyl (C=O) groups excluding carboxylic acids is 1. The minimum atomic E-state index is -0.335. The minimum Gasteiger partial charge on any atom is -0.465 e. The fourth-order valence-electron chi connectivity index (χ4n) is 1.34. The molecule has 0 bridgehead atoms. The van der Waals surface area contributed by atoms with Crippen molar-refractivity contribution < 1.29 is 9.53 Å². The van der Waals surface area contributed by atoms with Crippen LogP contribution in [0.3, 0.4) is 0 Å². The zero-order valence-corrected chi connectivity index (χ0v) is 8.95. The third-order valence-electron chi connectivity index (χ3n) is 2.04. The third kappa shape index (κ3) is 1.89. The normalized spacial score (nSPS) is 9.93. The summed E-state index contributed by atoms with van der Waals surface area (Å²) in [6.45, 7) is 0. The molecule has 0 aliphatic rings. The highest BCUT2D eigenvalue weighted by atomic mass is 32.1. The van der Waals surface area contributed by atoms with Crippen LogP contribution in [-0.2, 0) is 4.74 Å². The molecule has 2 rings (SSSR count). The van der Waals surface area contributed by atoms with Gasteiger partial charge in [0.05, 0.1) is 23.9 Å². The van der Waals surface area contributed by atoms with E-state index < -0.39 is 0 Å². The molecule has 2 aromatic rings. The van der Waals surface area contributed by atoms with Crippen molar-refractivity contribution in [3.8, 4) is 11.3 Å². The topological polar surface area (TPSA) is 39.2 Å². The van der Waals surface area contributed by atoms with Crippen LogP contribution in [0, 0.1) is 0 Å². The Morgan fingerprint density at radius 1 is 1.40 bits per heavy atom. The van der Waals surface area contributed by atoms with Crippen LogP contribution >= 0.6 is 11.3 Å². The Morgan fingerprint density at radius 3 is 2.87 bits per heavy atom. The number of hydrogen-bond donors (Lipinski definition) is 0. The zero-order valence-electron chi connectivity index (χ0n) is 8.14. The quantitative estimate of drug-likeness (QED) is 0.729. The first kappa shape index (κ1) is 9.86. The first-order valence-electron chi connectivity index (χ1n) is 4.39. The lowest BCUT2D eigenvalue weighted by molar-refractivity contribution is 0.0601. The lowest BCUT2D eigenvalue weighted by atomic mass is 10.1. The largest absolute Gasteiger partial charge is 0.465 e. The molecule has 0 saturated carbocycles. The van der Waals surface area contributed by atoms with E-state index in [9.17, 15) is 4.79 Å². The number of esters is 1. The lowest BCUT2D eigenvalue weighted by Crippen LogP contribution is -2.03. The molecule has 1 heterocycles. The highest BCUT2D eigenvalue weighted by Crippen LogP contribution is 2.23. The van der Waals surface area contributed by atoms with Crippen molar-refractivity contribution in [2.24, 2.45) is 0 Å². The summed E-state index contributed by atoms with van der Waals surface area (Å²) < 4.78 is 4.71. The van der Waals surface area contributed by atoms with E-state index in [1.165, 1.54) is 18.4 Å². The molecule has 15 heavy (non-hydrogen) atoms. The maximum atomic E-state index is 11.5. The number of nitrogens with zero attached hydrogens (tertiary/aromatic N) is 1. The van der Waals surface area contributed by atoms with E-state index in [2.05, 4.69) is 4.98 Å². The van der Waals surface area contributed by atoms with Crippen LogP contribution in [0.25, 0.3) is 11.3 Å². The van der Waals surface area contributed by atoms with Crippen molar-refractivity contribution in [2.45, 2.75) is 0 Å². The van der Waals surface area contributed by atoms with Gasteiger partial charge in [0.25, 0.3) is 0 Å². The van der Waals surface area contributed by atoms with Gasteiger partial charge in [0.2, 0.25) is 0 Å². The van der Waals surface area contributed by atoms with Crippen LogP contribution in [0.2, 0.25) is 0 Å². The highest BCUT2D eigenvalue weighted by Gasteiger charge is 2.13. The van der Waals surface area contributed by atoms with Crippen molar-refractivity contribution in [1.82, 2.24) is 4.98 Å². The smallest absolute Gasteiger partial charge is 0.338 e. The number of carbonyl (C=O) groups is 1. The lowest BCUT2D eigenvalue weighted by Gasteiger charge is -2.04. The molecule has 0 atom stereocenters. The highest BCUT2D eigenvalue weighted by molar-refractivity contribution is 7.07. The molecular weight excluding hydrogens is 210 g/mol. The van der Waals surface area contributed by atoms with Crippen molar-refractivity contribution in [3.63, 3.8) is 0 Å². The predicted molar refractivity (Wildman–Crippen MR) is 58.9 cm³/mol. The van der Waals surface area contributed by atoms with Crippen LogP contribution < -0.4 is 0 Å². The van der Waals surface area contributed by atoms with Gasteiger partial charge in [-0.15, -0.1) is 11.3 Å². The second kappa shape index (κ2) is 4.23. The van der Waals surface area contributed by atoms with Gasteiger partial charge in [-0.2, -0.15) is 0 Å². The minimum absolute atomic E-state index is 0.335. The molecular formula is C11H9NO2S. The summed E-state index contributed by atoms with van der Waals surface area (Å²) >= 11 is 1.50. The summed E-state index contributed by atoms with van der Waals surface area (Å²) in [5, 5.41) is 1.90. The Kier molecular flexibility index (Phi) is 2.78. The van der Waals surface area contributed by atoms with Crippen LogP contribution in [-0.4, -0.2) is 18.1 Å². The van der Waals surface area contributed by atoms with Gasteiger partial charge < -0.3 is 4.74 Å². The molecule has 1 aromatic heterocycles. The zero-order chi connectivity index (χ0) is 10.7. The van der Waals surface area contributed by atoms with E-state index >= 15 is 0 Å². The van der Waals surface area contributed by atoms with Gasteiger partial charge in [-0.25, -0.2) is 9.78 Å². The molecule has 0 radical (unpaired) electrons. The predicted octanol–water partition coefficient (Wildman–Crippen LogP) is 2.60. The fourth-order valence-corrected chi connectivity index (χ4v) is 1.89. The Labute approximate surface area is 91.4 Å². The molecule has 0 saturated heterocycles. The molecule has 0 aliphatic carbocycles. The maximum Gasteiger partial charge on any atom is 0.338 e. The molecule has 0 aliphatic heterocycles. The number of ether oxygens (including phenoxy) is 1. The van der Waals surface area contributed by atoms with E-state index in [0.29, 0.717) is 5.56 Å². The van der Waals surface area contributed by atoms with E-state index in [4.69, 9.17) is 4.74 Å². The van der Waals surface area contributed by atoms with E-state index in [1.54, 1.807) is 11.6 Å². The Bertz CT molecular complexity index is 465. The first-order chi connectivity index (χ1) is 7.33.